The number of rotatable bonds is 4. The molecule has 2 aromatic heterocycles. The monoisotopic (exact) mass is 545 g/mol. The Morgan fingerprint density at radius 3 is 2.65 bits per heavy atom. The Labute approximate surface area is 217 Å². The van der Waals surface area contributed by atoms with Gasteiger partial charge < -0.3 is 20.7 Å². The van der Waals surface area contributed by atoms with E-state index in [1.807, 2.05) is 0 Å². The van der Waals surface area contributed by atoms with Crippen molar-refractivity contribution in [3.8, 4) is 0 Å². The van der Waals surface area contributed by atoms with E-state index in [4.69, 9.17) is 5.73 Å². The highest BCUT2D eigenvalue weighted by molar-refractivity contribution is 7.87. The minimum atomic E-state index is -3.85. The van der Waals surface area contributed by atoms with Crippen molar-refractivity contribution in [2.24, 2.45) is 10.7 Å². The highest BCUT2D eigenvalue weighted by Gasteiger charge is 2.32. The lowest BCUT2D eigenvalue weighted by atomic mass is 10.1. The summed E-state index contributed by atoms with van der Waals surface area (Å²) in [6.45, 7) is 3.72. The zero-order chi connectivity index (χ0) is 26.3. The molecule has 37 heavy (non-hydrogen) atoms. The van der Waals surface area contributed by atoms with Crippen LogP contribution in [0.5, 0.6) is 0 Å². The smallest absolute Gasteiger partial charge is 0.435 e. The van der Waals surface area contributed by atoms with E-state index in [2.05, 4.69) is 27.0 Å². The molecule has 4 heterocycles. The largest absolute Gasteiger partial charge is 0.451 e. The normalized spacial score (nSPS) is 19.1. The number of nitrogens with one attached hydrogen (secondary N) is 1. The van der Waals surface area contributed by atoms with Gasteiger partial charge in [0.05, 0.1) is 12.8 Å². The van der Waals surface area contributed by atoms with Gasteiger partial charge in [-0.2, -0.15) is 17.7 Å². The minimum absolute atomic E-state index is 0.0306. The molecule has 2 aliphatic heterocycles. The van der Waals surface area contributed by atoms with Crippen molar-refractivity contribution in [1.29, 1.82) is 0 Å². The van der Waals surface area contributed by atoms with Gasteiger partial charge in [0, 0.05) is 78.8 Å². The summed E-state index contributed by atoms with van der Waals surface area (Å²) in [7, 11) is -2.65. The Bertz CT molecular complexity index is 1500. The van der Waals surface area contributed by atoms with E-state index in [-0.39, 0.29) is 37.9 Å². The van der Waals surface area contributed by atoms with Crippen molar-refractivity contribution >= 4 is 50.2 Å². The number of aliphatic imine (C=N–C) groups is 1. The maximum Gasteiger partial charge on any atom is 0.435 e. The first kappa shape index (κ1) is 25.3. The number of piperazine rings is 1. The van der Waals surface area contributed by atoms with Crippen molar-refractivity contribution in [3.63, 3.8) is 0 Å². The zero-order valence-electron chi connectivity index (χ0n) is 20.4. The maximum atomic E-state index is 13.3. The van der Waals surface area contributed by atoms with Crippen molar-refractivity contribution in [2.75, 3.05) is 33.3 Å². The summed E-state index contributed by atoms with van der Waals surface area (Å²) >= 11 is 1.41. The average molecular weight is 546 g/mol. The van der Waals surface area contributed by atoms with Gasteiger partial charge in [-0.3, -0.25) is 4.79 Å². The Hall–Kier alpha value is -3.33. The van der Waals surface area contributed by atoms with Crippen LogP contribution in [0, 0.1) is 0 Å². The maximum absolute atomic E-state index is 13.3. The fraction of sp³-hybridized carbons (Fsp3) is 0.391. The number of carbonyl (C=O) groups excluding carboxylic acids is 2. The third-order valence-corrected chi connectivity index (χ3v) is 9.34. The number of hydrogen-bond acceptors (Lipinski definition) is 8. The van der Waals surface area contributed by atoms with Gasteiger partial charge in [-0.05, 0) is 13.0 Å². The second-order valence-corrected chi connectivity index (χ2v) is 11.9. The molecule has 0 radical (unpaired) electrons. The van der Waals surface area contributed by atoms with Crippen LogP contribution >= 0.6 is 11.3 Å². The average Bonchev–Trinajstić information content (AvgIpc) is 3.52. The van der Waals surface area contributed by atoms with Gasteiger partial charge in [0.15, 0.2) is 5.01 Å². The SMILES string of the molecule is COC(=O)/N=C(/N)c1ccc2cn(S(=O)(=O)N3CCN(C(=O)c4nc5c(s4)CNC(C)C5)CC3)cc2c1. The van der Waals surface area contributed by atoms with Crippen LogP contribution in [-0.2, 0) is 27.9 Å². The van der Waals surface area contributed by atoms with Crippen LogP contribution in [0.2, 0.25) is 0 Å². The number of benzene rings is 1. The molecule has 2 amide bonds. The molecule has 3 N–H and O–H groups in total. The Morgan fingerprint density at radius 2 is 1.92 bits per heavy atom. The summed E-state index contributed by atoms with van der Waals surface area (Å²) < 4.78 is 33.7. The van der Waals surface area contributed by atoms with Crippen molar-refractivity contribution < 1.29 is 22.7 Å². The van der Waals surface area contributed by atoms with Gasteiger partial charge in [0.25, 0.3) is 5.91 Å². The van der Waals surface area contributed by atoms with E-state index in [1.54, 1.807) is 23.1 Å². The van der Waals surface area contributed by atoms with Crippen LogP contribution in [0.25, 0.3) is 10.8 Å². The number of methoxy groups -OCH3 is 1. The molecule has 1 saturated heterocycles. The molecule has 0 saturated carbocycles. The van der Waals surface area contributed by atoms with Crippen molar-refractivity contribution in [1.82, 2.24) is 23.5 Å². The van der Waals surface area contributed by atoms with Gasteiger partial charge in [0.1, 0.15) is 5.84 Å². The molecule has 2 aliphatic rings. The Kier molecular flexibility index (Phi) is 6.74. The molecule has 12 nitrogen and oxygen atoms in total. The minimum Gasteiger partial charge on any atom is -0.451 e. The lowest BCUT2D eigenvalue weighted by Crippen LogP contribution is -2.51. The van der Waals surface area contributed by atoms with E-state index in [9.17, 15) is 18.0 Å². The van der Waals surface area contributed by atoms with Crippen LogP contribution in [0.1, 0.15) is 32.9 Å². The summed E-state index contributed by atoms with van der Waals surface area (Å²) in [5, 5.41) is 5.14. The first-order chi connectivity index (χ1) is 17.7. The lowest BCUT2D eigenvalue weighted by Gasteiger charge is -2.33. The van der Waals surface area contributed by atoms with E-state index < -0.39 is 16.3 Å². The van der Waals surface area contributed by atoms with Gasteiger partial charge >= 0.3 is 16.3 Å². The number of thiazole rings is 1. The zero-order valence-corrected chi connectivity index (χ0v) is 22.0. The molecule has 14 heteroatoms. The van der Waals surface area contributed by atoms with Gasteiger partial charge in [0.2, 0.25) is 0 Å². The second kappa shape index (κ2) is 9.85. The number of fused-ring (bicyclic) bond motifs is 2. The number of carbonyl (C=O) groups is 2. The fourth-order valence-electron chi connectivity index (χ4n) is 4.41. The first-order valence-corrected chi connectivity index (χ1v) is 13.9. The molecular formula is C23H27N7O5S2. The van der Waals surface area contributed by atoms with Gasteiger partial charge in [-0.1, -0.05) is 12.1 Å². The molecule has 1 atom stereocenters. The Morgan fingerprint density at radius 1 is 1.19 bits per heavy atom. The number of ether oxygens (including phenoxy) is 1. The number of hydrogen-bond donors (Lipinski definition) is 2. The highest BCUT2D eigenvalue weighted by Crippen LogP contribution is 2.25. The second-order valence-electron chi connectivity index (χ2n) is 8.97. The molecule has 0 spiro atoms. The number of nitrogens with two attached hydrogens (primary N) is 1. The van der Waals surface area contributed by atoms with Gasteiger partial charge in [-0.15, -0.1) is 11.3 Å². The quantitative estimate of drug-likeness (QED) is 0.366. The number of nitrogens with zero attached hydrogens (tertiary/aromatic N) is 5. The van der Waals surface area contributed by atoms with E-state index in [0.717, 1.165) is 21.0 Å². The summed E-state index contributed by atoms with van der Waals surface area (Å²) in [6, 6.07) is 5.34. The molecule has 5 rings (SSSR count). The lowest BCUT2D eigenvalue weighted by molar-refractivity contribution is 0.0696. The highest BCUT2D eigenvalue weighted by atomic mass is 32.2. The van der Waals surface area contributed by atoms with Crippen molar-refractivity contribution in [2.45, 2.75) is 25.9 Å². The summed E-state index contributed by atoms with van der Waals surface area (Å²) in [6.07, 6.45) is 2.99. The standard InChI is InChI=1S/C23H27N7O5S2/c1-14-9-18-19(11-25-14)36-21(26-18)22(31)28-5-7-29(8-6-28)37(33,34)30-12-16-4-3-15(10-17(16)13-30)20(24)27-23(32)35-2/h3-4,10,12-14,25H,5-9,11H2,1-2H3,(H2,24,27,32). The number of amidine groups is 1. The summed E-state index contributed by atoms with van der Waals surface area (Å²) in [5.41, 5.74) is 7.30. The summed E-state index contributed by atoms with van der Waals surface area (Å²) in [4.78, 5) is 35.4. The molecule has 1 aromatic carbocycles. The first-order valence-electron chi connectivity index (χ1n) is 11.7. The van der Waals surface area contributed by atoms with Crippen LogP contribution in [0.3, 0.4) is 0 Å². The van der Waals surface area contributed by atoms with Crippen molar-refractivity contribution in [3.05, 3.63) is 51.7 Å². The fourth-order valence-corrected chi connectivity index (χ4v) is 6.80. The van der Waals surface area contributed by atoms with E-state index >= 15 is 0 Å². The number of amides is 2. The molecule has 1 unspecified atom stereocenters. The third kappa shape index (κ3) is 4.97. The van der Waals surface area contributed by atoms with Crippen LogP contribution < -0.4 is 11.1 Å². The molecule has 196 valence electrons. The number of aromatic nitrogens is 2. The molecule has 1 fully saturated rings. The van der Waals surface area contributed by atoms with Crippen LogP contribution in [0.4, 0.5) is 4.79 Å². The van der Waals surface area contributed by atoms with Crippen LogP contribution in [0.15, 0.2) is 35.6 Å². The van der Waals surface area contributed by atoms with Crippen LogP contribution in [-0.4, -0.2) is 83.7 Å². The third-order valence-electron chi connectivity index (χ3n) is 6.49. The molecule has 3 aromatic rings. The van der Waals surface area contributed by atoms with E-state index in [0.29, 0.717) is 33.9 Å². The molecule has 0 aliphatic carbocycles. The predicted octanol–water partition coefficient (Wildman–Crippen LogP) is 1.15. The van der Waals surface area contributed by atoms with E-state index in [1.165, 1.54) is 35.1 Å². The summed E-state index contributed by atoms with van der Waals surface area (Å²) in [5.74, 6) is -0.188. The molecule has 0 bridgehead atoms. The Balaban J connectivity index is 1.28. The van der Waals surface area contributed by atoms with Gasteiger partial charge in [-0.25, -0.2) is 13.8 Å². The topological polar surface area (TPSA) is 152 Å². The molecular weight excluding hydrogens is 518 g/mol. The predicted molar refractivity (Wildman–Crippen MR) is 139 cm³/mol.